The molecule has 0 bridgehead atoms. The molecule has 0 saturated heterocycles. The van der Waals surface area contributed by atoms with Crippen LogP contribution in [-0.4, -0.2) is 29.2 Å². The van der Waals surface area contributed by atoms with Crippen molar-refractivity contribution < 1.29 is 19.4 Å². The number of anilines is 1. The summed E-state index contributed by atoms with van der Waals surface area (Å²) < 4.78 is 5.21. The van der Waals surface area contributed by atoms with Crippen LogP contribution < -0.4 is 5.32 Å². The molecule has 2 N–H and O–H groups in total. The van der Waals surface area contributed by atoms with Crippen molar-refractivity contribution in [2.24, 2.45) is 0 Å². The average Bonchev–Trinajstić information content (AvgIpc) is 2.62. The van der Waals surface area contributed by atoms with Crippen molar-refractivity contribution >= 4 is 17.6 Å². The molecule has 0 aliphatic rings. The van der Waals surface area contributed by atoms with E-state index in [9.17, 15) is 14.7 Å². The highest BCUT2D eigenvalue weighted by Gasteiger charge is 2.19. The van der Waals surface area contributed by atoms with Crippen molar-refractivity contribution in [3.05, 3.63) is 29.3 Å². The zero-order chi connectivity index (χ0) is 20.2. The van der Waals surface area contributed by atoms with Crippen LogP contribution in [0.4, 0.5) is 5.69 Å². The third kappa shape index (κ3) is 9.05. The number of nitrogens with one attached hydrogen (secondary N) is 1. The lowest BCUT2D eigenvalue weighted by molar-refractivity contribution is -0.153. The van der Waals surface area contributed by atoms with Gasteiger partial charge in [-0.05, 0) is 44.7 Å². The summed E-state index contributed by atoms with van der Waals surface area (Å²) in [6.07, 6.45) is 5.55. The molecule has 0 heterocycles. The second-order valence-corrected chi connectivity index (χ2v) is 7.28. The molecule has 1 aromatic carbocycles. The molecule has 0 spiro atoms. The van der Waals surface area contributed by atoms with Crippen molar-refractivity contribution in [2.45, 2.75) is 91.3 Å². The Morgan fingerprint density at radius 2 is 1.70 bits per heavy atom. The molecule has 0 saturated carbocycles. The molecule has 0 aliphatic carbocycles. The van der Waals surface area contributed by atoms with Gasteiger partial charge in [0, 0.05) is 12.1 Å². The molecule has 0 aliphatic heterocycles. The van der Waals surface area contributed by atoms with Crippen LogP contribution in [0.3, 0.4) is 0 Å². The number of unbranched alkanes of at least 4 members (excludes halogenated alkanes) is 4. The van der Waals surface area contributed by atoms with E-state index in [1.165, 1.54) is 19.3 Å². The Labute approximate surface area is 163 Å². The van der Waals surface area contributed by atoms with Crippen LogP contribution >= 0.6 is 0 Å². The quantitative estimate of drug-likeness (QED) is 0.410. The fraction of sp³-hybridized carbons (Fsp3) is 0.636. The fourth-order valence-electron chi connectivity index (χ4n) is 2.96. The van der Waals surface area contributed by atoms with Crippen molar-refractivity contribution in [3.63, 3.8) is 0 Å². The topological polar surface area (TPSA) is 75.6 Å². The van der Waals surface area contributed by atoms with E-state index in [-0.39, 0.29) is 12.3 Å². The fourth-order valence-corrected chi connectivity index (χ4v) is 2.96. The Balaban J connectivity index is 2.31. The van der Waals surface area contributed by atoms with Crippen LogP contribution in [0.15, 0.2) is 18.2 Å². The van der Waals surface area contributed by atoms with E-state index in [0.29, 0.717) is 12.8 Å². The van der Waals surface area contributed by atoms with Gasteiger partial charge in [0.1, 0.15) is 0 Å². The van der Waals surface area contributed by atoms with Gasteiger partial charge in [-0.2, -0.15) is 0 Å². The first-order valence-electron chi connectivity index (χ1n) is 10.1. The molecule has 5 nitrogen and oxygen atoms in total. The summed E-state index contributed by atoms with van der Waals surface area (Å²) in [4.78, 5) is 24.2. The van der Waals surface area contributed by atoms with Crippen molar-refractivity contribution in [3.8, 4) is 0 Å². The van der Waals surface area contributed by atoms with Gasteiger partial charge in [0.25, 0.3) is 5.91 Å². The Morgan fingerprint density at radius 3 is 2.33 bits per heavy atom. The van der Waals surface area contributed by atoms with Crippen LogP contribution in [0, 0.1) is 13.8 Å². The Kier molecular flexibility index (Phi) is 10.7. The first kappa shape index (κ1) is 23.2. The Bertz CT molecular complexity index is 580. The van der Waals surface area contributed by atoms with E-state index in [0.717, 1.165) is 29.7 Å². The number of aliphatic hydroxyl groups excluding tert-OH is 1. The summed E-state index contributed by atoms with van der Waals surface area (Å²) in [5, 5.41) is 12.8. The summed E-state index contributed by atoms with van der Waals surface area (Å²) in [5.41, 5.74) is 2.68. The molecule has 1 rings (SSSR count). The second kappa shape index (κ2) is 12.5. The van der Waals surface area contributed by atoms with Crippen LogP contribution in [0.2, 0.25) is 0 Å². The molecule has 1 aromatic rings. The minimum Gasteiger partial charge on any atom is -0.453 e. The highest BCUT2D eigenvalue weighted by Crippen LogP contribution is 2.20. The molecule has 152 valence electrons. The van der Waals surface area contributed by atoms with Gasteiger partial charge in [0.15, 0.2) is 6.10 Å². The molecule has 0 aromatic heterocycles. The van der Waals surface area contributed by atoms with Crippen molar-refractivity contribution in [1.29, 1.82) is 0 Å². The van der Waals surface area contributed by atoms with Gasteiger partial charge in [0.2, 0.25) is 0 Å². The largest absolute Gasteiger partial charge is 0.453 e. The normalized spacial score (nSPS) is 13.1. The van der Waals surface area contributed by atoms with E-state index in [1.54, 1.807) is 6.92 Å². The van der Waals surface area contributed by atoms with Gasteiger partial charge in [-0.15, -0.1) is 0 Å². The number of hydrogen-bond donors (Lipinski definition) is 2. The average molecular weight is 378 g/mol. The highest BCUT2D eigenvalue weighted by molar-refractivity contribution is 5.96. The number of rotatable bonds is 12. The summed E-state index contributed by atoms with van der Waals surface area (Å²) in [6.45, 7) is 7.57. The lowest BCUT2D eigenvalue weighted by atomic mass is 10.0. The van der Waals surface area contributed by atoms with E-state index < -0.39 is 18.2 Å². The maximum Gasteiger partial charge on any atom is 0.306 e. The number of ether oxygens (including phenoxy) is 1. The molecule has 0 fully saturated rings. The van der Waals surface area contributed by atoms with E-state index in [2.05, 4.69) is 12.2 Å². The monoisotopic (exact) mass is 377 g/mol. The number of hydrogen-bond acceptors (Lipinski definition) is 4. The Morgan fingerprint density at radius 1 is 1.07 bits per heavy atom. The van der Waals surface area contributed by atoms with Gasteiger partial charge < -0.3 is 15.2 Å². The number of esters is 1. The first-order chi connectivity index (χ1) is 12.8. The van der Waals surface area contributed by atoms with Crippen molar-refractivity contribution in [2.75, 3.05) is 5.32 Å². The molecule has 1 amide bonds. The van der Waals surface area contributed by atoms with Crippen LogP contribution in [0.25, 0.3) is 0 Å². The van der Waals surface area contributed by atoms with E-state index in [1.807, 2.05) is 32.0 Å². The molecule has 5 heteroatoms. The van der Waals surface area contributed by atoms with Gasteiger partial charge in [0.05, 0.1) is 6.10 Å². The van der Waals surface area contributed by atoms with Gasteiger partial charge in [-0.1, -0.05) is 57.2 Å². The molecular weight excluding hydrogens is 342 g/mol. The molecular formula is C22H35NO4. The lowest BCUT2D eigenvalue weighted by Crippen LogP contribution is -2.30. The summed E-state index contributed by atoms with van der Waals surface area (Å²) in [5.74, 6) is -0.804. The van der Waals surface area contributed by atoms with Gasteiger partial charge >= 0.3 is 5.97 Å². The molecule has 2 unspecified atom stereocenters. The number of para-hydroxylation sites is 1. The van der Waals surface area contributed by atoms with E-state index in [4.69, 9.17) is 4.74 Å². The summed E-state index contributed by atoms with van der Waals surface area (Å²) in [7, 11) is 0. The second-order valence-electron chi connectivity index (χ2n) is 7.28. The van der Waals surface area contributed by atoms with Gasteiger partial charge in [-0.3, -0.25) is 9.59 Å². The Hall–Kier alpha value is -1.88. The highest BCUT2D eigenvalue weighted by atomic mass is 16.5. The standard InChI is InChI=1S/C22H35NO4/c1-5-6-7-8-9-13-19(24)14-15-20(25)27-18(4)22(26)23-21-16(2)11-10-12-17(21)3/h10-12,18-19,24H,5-9,13-15H2,1-4H3,(H,23,26). The molecule has 2 atom stereocenters. The molecule has 0 radical (unpaired) electrons. The van der Waals surface area contributed by atoms with Crippen molar-refractivity contribution in [1.82, 2.24) is 0 Å². The summed E-state index contributed by atoms with van der Waals surface area (Å²) >= 11 is 0. The maximum absolute atomic E-state index is 12.3. The minimum atomic E-state index is -0.873. The number of amides is 1. The zero-order valence-electron chi connectivity index (χ0n) is 17.2. The lowest BCUT2D eigenvalue weighted by Gasteiger charge is -2.16. The number of carbonyl (C=O) groups is 2. The predicted octanol–water partition coefficient (Wildman–Crippen LogP) is 4.68. The third-order valence-corrected chi connectivity index (χ3v) is 4.73. The molecule has 27 heavy (non-hydrogen) atoms. The summed E-state index contributed by atoms with van der Waals surface area (Å²) in [6, 6.07) is 5.77. The third-order valence-electron chi connectivity index (χ3n) is 4.73. The van der Waals surface area contributed by atoms with Crippen LogP contribution in [0.1, 0.15) is 76.3 Å². The maximum atomic E-state index is 12.3. The van der Waals surface area contributed by atoms with Crippen LogP contribution in [-0.2, 0) is 14.3 Å². The first-order valence-corrected chi connectivity index (χ1v) is 10.1. The zero-order valence-corrected chi connectivity index (χ0v) is 17.2. The number of benzene rings is 1. The number of carbonyl (C=O) groups excluding carboxylic acids is 2. The van der Waals surface area contributed by atoms with Crippen LogP contribution in [0.5, 0.6) is 0 Å². The number of aliphatic hydroxyl groups is 1. The number of aryl methyl sites for hydroxylation is 2. The SMILES string of the molecule is CCCCCCCC(O)CCC(=O)OC(C)C(=O)Nc1c(C)cccc1C. The van der Waals surface area contributed by atoms with Gasteiger partial charge in [-0.25, -0.2) is 0 Å². The van der Waals surface area contributed by atoms with E-state index >= 15 is 0 Å². The minimum absolute atomic E-state index is 0.122. The predicted molar refractivity (Wildman–Crippen MR) is 109 cm³/mol. The smallest absolute Gasteiger partial charge is 0.306 e.